The van der Waals surface area contributed by atoms with Gasteiger partial charge in [-0.3, -0.25) is 9.59 Å². The number of rotatable bonds is 5. The predicted molar refractivity (Wildman–Crippen MR) is 103 cm³/mol. The van der Waals surface area contributed by atoms with Crippen LogP contribution in [0.4, 0.5) is 5.00 Å². The molecule has 130 valence electrons. The molecule has 6 heteroatoms. The van der Waals surface area contributed by atoms with Crippen LogP contribution in [0.2, 0.25) is 0 Å². The van der Waals surface area contributed by atoms with Crippen LogP contribution in [-0.4, -0.2) is 17.6 Å². The second-order valence-corrected chi connectivity index (χ2v) is 8.70. The number of nitrogens with one attached hydrogen (secondary N) is 1. The van der Waals surface area contributed by atoms with Crippen LogP contribution in [-0.2, 0) is 30.5 Å². The maximum absolute atomic E-state index is 12.3. The van der Waals surface area contributed by atoms with Crippen molar-refractivity contribution in [3.8, 4) is 0 Å². The summed E-state index contributed by atoms with van der Waals surface area (Å²) in [6, 6.07) is 6.48. The first-order valence-electron chi connectivity index (χ1n) is 8.60. The maximum Gasteiger partial charge on any atom is 0.251 e. The van der Waals surface area contributed by atoms with Gasteiger partial charge in [-0.05, 0) is 67.3 Å². The summed E-state index contributed by atoms with van der Waals surface area (Å²) in [6.07, 6.45) is 6.44. The monoisotopic (exact) mass is 372 g/mol. The molecule has 0 fully saturated rings. The van der Waals surface area contributed by atoms with Crippen molar-refractivity contribution in [1.29, 1.82) is 0 Å². The number of anilines is 1. The quantitative estimate of drug-likeness (QED) is 0.788. The number of hydrogen-bond acceptors (Lipinski definition) is 4. The Labute approximate surface area is 155 Å². The number of fused-ring (bicyclic) bond motifs is 2. The van der Waals surface area contributed by atoms with Gasteiger partial charge in [-0.1, -0.05) is 6.07 Å². The minimum absolute atomic E-state index is 0.0899. The van der Waals surface area contributed by atoms with Crippen LogP contribution in [0.5, 0.6) is 0 Å². The Morgan fingerprint density at radius 1 is 1.12 bits per heavy atom. The number of benzene rings is 1. The molecule has 2 aliphatic carbocycles. The highest BCUT2D eigenvalue weighted by Crippen LogP contribution is 2.39. The van der Waals surface area contributed by atoms with Gasteiger partial charge >= 0.3 is 0 Å². The molecular weight excluding hydrogens is 352 g/mol. The number of amides is 2. The van der Waals surface area contributed by atoms with E-state index in [1.54, 1.807) is 0 Å². The largest absolute Gasteiger partial charge is 0.365 e. The lowest BCUT2D eigenvalue weighted by atomic mass is 10.1. The summed E-state index contributed by atoms with van der Waals surface area (Å²) in [4.78, 5) is 26.4. The van der Waals surface area contributed by atoms with E-state index in [1.807, 2.05) is 0 Å². The molecule has 2 amide bonds. The fraction of sp³-hybridized carbons (Fsp3) is 0.368. The number of nitrogens with two attached hydrogens (primary N) is 1. The molecule has 4 nitrogen and oxygen atoms in total. The van der Waals surface area contributed by atoms with E-state index in [9.17, 15) is 9.59 Å². The van der Waals surface area contributed by atoms with Gasteiger partial charge in [0.2, 0.25) is 5.91 Å². The van der Waals surface area contributed by atoms with Crippen LogP contribution < -0.4 is 11.1 Å². The van der Waals surface area contributed by atoms with E-state index in [2.05, 4.69) is 23.5 Å². The van der Waals surface area contributed by atoms with Crippen molar-refractivity contribution in [2.45, 2.75) is 43.4 Å². The molecule has 0 radical (unpaired) electrons. The second kappa shape index (κ2) is 6.84. The summed E-state index contributed by atoms with van der Waals surface area (Å²) in [5, 5.41) is 3.52. The van der Waals surface area contributed by atoms with Crippen molar-refractivity contribution in [3.63, 3.8) is 0 Å². The molecule has 0 unspecified atom stereocenters. The van der Waals surface area contributed by atoms with Gasteiger partial charge in [-0.15, -0.1) is 23.1 Å². The van der Waals surface area contributed by atoms with Gasteiger partial charge in [0.05, 0.1) is 11.3 Å². The van der Waals surface area contributed by atoms with E-state index in [0.29, 0.717) is 16.3 Å². The van der Waals surface area contributed by atoms with E-state index in [4.69, 9.17) is 5.73 Å². The van der Waals surface area contributed by atoms with E-state index in [-0.39, 0.29) is 5.91 Å². The van der Waals surface area contributed by atoms with Gasteiger partial charge in [0.25, 0.3) is 5.91 Å². The topological polar surface area (TPSA) is 72.2 Å². The summed E-state index contributed by atoms with van der Waals surface area (Å²) in [6.45, 7) is 0. The molecule has 0 spiro atoms. The lowest BCUT2D eigenvalue weighted by Crippen LogP contribution is -2.18. The van der Waals surface area contributed by atoms with Crippen molar-refractivity contribution in [2.24, 2.45) is 5.73 Å². The molecular formula is C19H20N2O2S2. The molecule has 1 aromatic heterocycles. The minimum atomic E-state index is -0.444. The Kier molecular flexibility index (Phi) is 4.56. The average molecular weight is 373 g/mol. The molecule has 0 aliphatic heterocycles. The SMILES string of the molecule is NC(=O)c1c(NC(=O)CSc2ccc3c(c2)CCC3)sc2c1CCC2. The number of thiophene rings is 1. The Balaban J connectivity index is 1.42. The van der Waals surface area contributed by atoms with Gasteiger partial charge in [0, 0.05) is 9.77 Å². The first-order valence-corrected chi connectivity index (χ1v) is 10.4. The molecule has 1 aromatic carbocycles. The second-order valence-electron chi connectivity index (χ2n) is 6.55. The molecule has 2 aromatic rings. The molecule has 2 aliphatic rings. The van der Waals surface area contributed by atoms with Crippen molar-refractivity contribution in [1.82, 2.24) is 0 Å². The van der Waals surface area contributed by atoms with Crippen LogP contribution in [0.15, 0.2) is 23.1 Å². The maximum atomic E-state index is 12.3. The summed E-state index contributed by atoms with van der Waals surface area (Å²) >= 11 is 3.04. The van der Waals surface area contributed by atoms with Gasteiger partial charge < -0.3 is 11.1 Å². The molecule has 1 heterocycles. The number of primary amides is 1. The third kappa shape index (κ3) is 3.33. The standard InChI is InChI=1S/C19H20N2O2S2/c20-18(23)17-14-5-2-6-15(14)25-19(17)21-16(22)10-24-13-8-7-11-3-1-4-12(11)9-13/h7-9H,1-6,10H2,(H2,20,23)(H,21,22). The van der Waals surface area contributed by atoms with Crippen LogP contribution in [0.1, 0.15) is 44.8 Å². The van der Waals surface area contributed by atoms with E-state index < -0.39 is 5.91 Å². The van der Waals surface area contributed by atoms with Crippen LogP contribution >= 0.6 is 23.1 Å². The van der Waals surface area contributed by atoms with Gasteiger partial charge in [0.15, 0.2) is 0 Å². The Morgan fingerprint density at radius 2 is 1.92 bits per heavy atom. The molecule has 25 heavy (non-hydrogen) atoms. The van der Waals surface area contributed by atoms with Crippen molar-refractivity contribution in [2.75, 3.05) is 11.1 Å². The Morgan fingerprint density at radius 3 is 2.76 bits per heavy atom. The highest BCUT2D eigenvalue weighted by atomic mass is 32.2. The first-order chi connectivity index (χ1) is 12.1. The summed E-state index contributed by atoms with van der Waals surface area (Å²) in [7, 11) is 0. The summed E-state index contributed by atoms with van der Waals surface area (Å²) in [5.41, 5.74) is 9.95. The Bertz CT molecular complexity index is 857. The third-order valence-corrected chi connectivity index (χ3v) is 7.06. The zero-order valence-corrected chi connectivity index (χ0v) is 15.5. The number of hydrogen-bond donors (Lipinski definition) is 2. The van der Waals surface area contributed by atoms with Crippen molar-refractivity contribution >= 4 is 39.9 Å². The zero-order chi connectivity index (χ0) is 17.4. The number of thioether (sulfide) groups is 1. The Hall–Kier alpha value is -1.79. The number of carbonyl (C=O) groups is 2. The molecule has 0 atom stereocenters. The number of carbonyl (C=O) groups excluding carboxylic acids is 2. The van der Waals surface area contributed by atoms with E-state index in [0.717, 1.165) is 36.1 Å². The normalized spacial score (nSPS) is 15.0. The van der Waals surface area contributed by atoms with Crippen LogP contribution in [0.3, 0.4) is 0 Å². The van der Waals surface area contributed by atoms with Crippen LogP contribution in [0.25, 0.3) is 0 Å². The van der Waals surface area contributed by atoms with Gasteiger partial charge in [-0.2, -0.15) is 0 Å². The van der Waals surface area contributed by atoms with Crippen molar-refractivity contribution < 1.29 is 9.59 Å². The first kappa shape index (κ1) is 16.7. The fourth-order valence-corrected chi connectivity index (χ4v) is 5.77. The molecule has 0 saturated carbocycles. The highest BCUT2D eigenvalue weighted by molar-refractivity contribution is 8.00. The molecule has 4 rings (SSSR count). The predicted octanol–water partition coefficient (Wildman–Crippen LogP) is 3.56. The van der Waals surface area contributed by atoms with Crippen LogP contribution in [0, 0.1) is 0 Å². The smallest absolute Gasteiger partial charge is 0.251 e. The third-order valence-electron chi connectivity index (χ3n) is 4.86. The van der Waals surface area contributed by atoms with E-state index >= 15 is 0 Å². The average Bonchev–Trinajstić information content (AvgIpc) is 3.26. The lowest BCUT2D eigenvalue weighted by Gasteiger charge is -2.07. The number of aryl methyl sites for hydroxylation is 3. The minimum Gasteiger partial charge on any atom is -0.365 e. The van der Waals surface area contributed by atoms with E-state index in [1.165, 1.54) is 51.9 Å². The molecule has 0 bridgehead atoms. The highest BCUT2D eigenvalue weighted by Gasteiger charge is 2.26. The van der Waals surface area contributed by atoms with Gasteiger partial charge in [-0.25, -0.2) is 0 Å². The summed E-state index contributed by atoms with van der Waals surface area (Å²) in [5.74, 6) is -0.201. The van der Waals surface area contributed by atoms with Crippen molar-refractivity contribution in [3.05, 3.63) is 45.3 Å². The summed E-state index contributed by atoms with van der Waals surface area (Å²) < 4.78 is 0. The van der Waals surface area contributed by atoms with Gasteiger partial charge in [0.1, 0.15) is 5.00 Å². The zero-order valence-electron chi connectivity index (χ0n) is 13.9. The fourth-order valence-electron chi connectivity index (χ4n) is 3.70. The lowest BCUT2D eigenvalue weighted by molar-refractivity contribution is -0.113. The molecule has 3 N–H and O–H groups in total. The molecule has 0 saturated heterocycles.